The second-order valence-electron chi connectivity index (χ2n) is 6.33. The molecule has 2 N–H and O–H groups in total. The smallest absolute Gasteiger partial charge is 0.465 e. The predicted octanol–water partition coefficient (Wildman–Crippen LogP) is 1.65. The van der Waals surface area contributed by atoms with E-state index in [-0.39, 0.29) is 11.3 Å². The largest absolute Gasteiger partial charge is 0.488 e. The first-order valence-corrected chi connectivity index (χ1v) is 9.24. The second kappa shape index (κ2) is 9.79. The molecule has 0 spiro atoms. The minimum absolute atomic E-state index is 0.0236. The summed E-state index contributed by atoms with van der Waals surface area (Å²) in [6.07, 6.45) is 6.34. The molecule has 2 aromatic carbocycles. The van der Waals surface area contributed by atoms with Crippen LogP contribution in [0.4, 0.5) is 5.69 Å². The molecule has 1 aliphatic rings. The van der Waals surface area contributed by atoms with Crippen molar-refractivity contribution >= 4 is 30.2 Å². The fourth-order valence-electron chi connectivity index (χ4n) is 2.93. The summed E-state index contributed by atoms with van der Waals surface area (Å²) in [5.74, 6) is -0.600. The first-order valence-electron chi connectivity index (χ1n) is 9.24. The number of rotatable bonds is 6. The monoisotopic (exact) mass is 421 g/mol. The highest BCUT2D eigenvalue weighted by atomic mass is 16.5. The Labute approximate surface area is 179 Å². The van der Waals surface area contributed by atoms with Crippen molar-refractivity contribution in [2.24, 2.45) is 0 Å². The number of benzene rings is 2. The minimum Gasteiger partial charge on any atom is -0.465 e. The number of carbonyl (C=O) groups excluding carboxylic acids is 2. The van der Waals surface area contributed by atoms with Crippen molar-refractivity contribution in [3.05, 3.63) is 84.2 Å². The second-order valence-corrected chi connectivity index (χ2v) is 6.33. The highest BCUT2D eigenvalue weighted by Gasteiger charge is 2.29. The van der Waals surface area contributed by atoms with Crippen molar-refractivity contribution in [3.63, 3.8) is 0 Å². The van der Waals surface area contributed by atoms with E-state index in [0.29, 0.717) is 22.6 Å². The van der Waals surface area contributed by atoms with Crippen LogP contribution in [0.25, 0.3) is 0 Å². The molecule has 0 saturated carbocycles. The van der Waals surface area contributed by atoms with Gasteiger partial charge in [0.1, 0.15) is 11.4 Å². The third kappa shape index (κ3) is 4.85. The van der Waals surface area contributed by atoms with Crippen LogP contribution in [0.1, 0.15) is 0 Å². The van der Waals surface area contributed by atoms with E-state index >= 15 is 0 Å². The maximum Gasteiger partial charge on any atom is 0.488 e. The Bertz CT molecular complexity index is 1060. The predicted molar refractivity (Wildman–Crippen MR) is 115 cm³/mol. The quantitative estimate of drug-likeness (QED) is 0.536. The summed E-state index contributed by atoms with van der Waals surface area (Å²) < 4.78 is 15.7. The van der Waals surface area contributed by atoms with E-state index in [1.165, 1.54) is 37.3 Å². The molecule has 0 fully saturated rings. The molecule has 0 unspecified atom stereocenters. The lowest BCUT2D eigenvalue weighted by Crippen LogP contribution is -2.29. The van der Waals surface area contributed by atoms with Crippen LogP contribution in [0.15, 0.2) is 84.2 Å². The summed E-state index contributed by atoms with van der Waals surface area (Å²) in [6.45, 7) is 0. The molecule has 9 heteroatoms. The summed E-state index contributed by atoms with van der Waals surface area (Å²) in [4.78, 5) is 26.4. The van der Waals surface area contributed by atoms with Crippen molar-refractivity contribution in [1.29, 1.82) is 0 Å². The highest BCUT2D eigenvalue weighted by molar-refractivity contribution is 6.58. The highest BCUT2D eigenvalue weighted by Crippen LogP contribution is 2.36. The fourth-order valence-corrected chi connectivity index (χ4v) is 2.93. The van der Waals surface area contributed by atoms with Gasteiger partial charge in [0.25, 0.3) is 0 Å². The van der Waals surface area contributed by atoms with Gasteiger partial charge in [-0.15, -0.1) is 0 Å². The number of nitrogens with zero attached hydrogens (tertiary/aromatic N) is 1. The van der Waals surface area contributed by atoms with Crippen LogP contribution < -0.4 is 15.1 Å². The van der Waals surface area contributed by atoms with Gasteiger partial charge in [-0.25, -0.2) is 9.59 Å². The average molecular weight is 421 g/mol. The summed E-state index contributed by atoms with van der Waals surface area (Å²) in [6, 6.07) is 13.1. The van der Waals surface area contributed by atoms with Crippen molar-refractivity contribution in [2.45, 2.75) is 0 Å². The lowest BCUT2D eigenvalue weighted by Gasteiger charge is -2.25. The van der Waals surface area contributed by atoms with E-state index in [2.05, 4.69) is 0 Å². The average Bonchev–Trinajstić information content (AvgIpc) is 3.01. The van der Waals surface area contributed by atoms with Crippen LogP contribution in [0.2, 0.25) is 0 Å². The number of methoxy groups -OCH3 is 2. The summed E-state index contributed by atoms with van der Waals surface area (Å²) in [5, 5.41) is 18.5. The van der Waals surface area contributed by atoms with Gasteiger partial charge in [0.15, 0.2) is 5.75 Å². The van der Waals surface area contributed by atoms with Crippen LogP contribution in [-0.4, -0.2) is 43.3 Å². The Kier molecular flexibility index (Phi) is 6.91. The van der Waals surface area contributed by atoms with Crippen molar-refractivity contribution in [3.8, 4) is 11.5 Å². The maximum absolute atomic E-state index is 12.6. The molecular formula is C22H20BNO7. The van der Waals surface area contributed by atoms with Gasteiger partial charge in [-0.3, -0.25) is 0 Å². The molecule has 0 atom stereocenters. The molecule has 31 heavy (non-hydrogen) atoms. The van der Waals surface area contributed by atoms with Gasteiger partial charge in [-0.2, -0.15) is 0 Å². The Hall–Kier alpha value is -3.82. The Morgan fingerprint density at radius 2 is 1.58 bits per heavy atom. The van der Waals surface area contributed by atoms with Crippen LogP contribution in [0.5, 0.6) is 11.5 Å². The maximum atomic E-state index is 12.6. The van der Waals surface area contributed by atoms with Gasteiger partial charge in [-0.1, -0.05) is 30.3 Å². The van der Waals surface area contributed by atoms with Gasteiger partial charge in [0.2, 0.25) is 0 Å². The van der Waals surface area contributed by atoms with Crippen molar-refractivity contribution in [1.82, 2.24) is 0 Å². The lowest BCUT2D eigenvalue weighted by atomic mass is 9.80. The SMILES string of the molecule is COC(=O)C1=C(C(=O)OC)N(c2ccccc2Oc2ccc(B(O)O)cc2)C=CC=C1. The number of para-hydroxylation sites is 2. The first-order chi connectivity index (χ1) is 15.0. The fraction of sp³-hybridized carbons (Fsp3) is 0.0909. The molecule has 0 bridgehead atoms. The number of carbonyl (C=O) groups is 2. The third-order valence-electron chi connectivity index (χ3n) is 4.42. The Morgan fingerprint density at radius 3 is 2.23 bits per heavy atom. The lowest BCUT2D eigenvalue weighted by molar-refractivity contribution is -0.139. The van der Waals surface area contributed by atoms with Gasteiger partial charge >= 0.3 is 19.1 Å². The van der Waals surface area contributed by atoms with E-state index in [4.69, 9.17) is 14.2 Å². The molecule has 0 radical (unpaired) electrons. The number of hydrogen-bond donors (Lipinski definition) is 2. The molecule has 2 aromatic rings. The molecule has 0 aliphatic carbocycles. The van der Waals surface area contributed by atoms with E-state index < -0.39 is 19.1 Å². The molecular weight excluding hydrogens is 401 g/mol. The molecule has 1 aliphatic heterocycles. The van der Waals surface area contributed by atoms with Crippen molar-refractivity contribution in [2.75, 3.05) is 19.1 Å². The number of hydrogen-bond acceptors (Lipinski definition) is 8. The van der Waals surface area contributed by atoms with Gasteiger partial charge in [0.05, 0.1) is 25.5 Å². The molecule has 3 rings (SSSR count). The first kappa shape index (κ1) is 21.9. The van der Waals surface area contributed by atoms with Crippen LogP contribution in [0, 0.1) is 0 Å². The van der Waals surface area contributed by atoms with Crippen molar-refractivity contribution < 1.29 is 33.8 Å². The van der Waals surface area contributed by atoms with Gasteiger partial charge < -0.3 is 29.2 Å². The molecule has 8 nitrogen and oxygen atoms in total. The minimum atomic E-state index is -1.58. The molecule has 0 aromatic heterocycles. The van der Waals surface area contributed by atoms with E-state index in [1.54, 1.807) is 54.8 Å². The van der Waals surface area contributed by atoms with Gasteiger partial charge in [-0.05, 0) is 41.9 Å². The normalized spacial score (nSPS) is 13.0. The standard InChI is InChI=1S/C22H20BNO7/c1-29-21(25)17-7-5-6-14-24(20(17)22(26)30-2)18-8-3-4-9-19(18)31-16-12-10-15(11-13-16)23(27)28/h3-14,27-28H,1-2H3. The number of ether oxygens (including phenoxy) is 3. The zero-order valence-corrected chi connectivity index (χ0v) is 16.9. The third-order valence-corrected chi connectivity index (χ3v) is 4.42. The van der Waals surface area contributed by atoms with Gasteiger partial charge in [0, 0.05) is 6.20 Å². The van der Waals surface area contributed by atoms with Crippen LogP contribution >= 0.6 is 0 Å². The summed E-state index contributed by atoms with van der Waals surface area (Å²) in [5.41, 5.74) is 0.779. The van der Waals surface area contributed by atoms with Crippen LogP contribution in [-0.2, 0) is 19.1 Å². The van der Waals surface area contributed by atoms with E-state index in [1.807, 2.05) is 0 Å². The summed E-state index contributed by atoms with van der Waals surface area (Å²) in [7, 11) is 0.867. The zero-order chi connectivity index (χ0) is 22.4. The zero-order valence-electron chi connectivity index (χ0n) is 16.9. The van der Waals surface area contributed by atoms with E-state index in [0.717, 1.165) is 0 Å². The topological polar surface area (TPSA) is 106 Å². The molecule has 158 valence electrons. The Morgan fingerprint density at radius 1 is 0.903 bits per heavy atom. The summed E-state index contributed by atoms with van der Waals surface area (Å²) >= 11 is 0. The Balaban J connectivity index is 2.06. The number of allylic oxidation sites excluding steroid dienone is 2. The van der Waals surface area contributed by atoms with E-state index in [9.17, 15) is 19.6 Å². The van der Waals surface area contributed by atoms with Crippen LogP contribution in [0.3, 0.4) is 0 Å². The molecule has 1 heterocycles. The number of esters is 2. The molecule has 0 saturated heterocycles. The number of anilines is 1. The molecule has 0 amide bonds.